The molecule has 1 aromatic carbocycles. The largest absolute Gasteiger partial charge is 0.316 e. The van der Waals surface area contributed by atoms with Gasteiger partial charge in [-0.1, -0.05) is 44.0 Å². The highest BCUT2D eigenvalue weighted by Crippen LogP contribution is 2.33. The fourth-order valence-corrected chi connectivity index (χ4v) is 2.66. The van der Waals surface area contributed by atoms with Gasteiger partial charge < -0.3 is 5.32 Å². The van der Waals surface area contributed by atoms with Crippen LogP contribution in [0.5, 0.6) is 0 Å². The molecule has 0 bridgehead atoms. The minimum Gasteiger partial charge on any atom is -0.316 e. The maximum absolute atomic E-state index is 6.27. The monoisotopic (exact) mass is 287 g/mol. The number of nitrogens with one attached hydrogen (secondary N) is 1. The molecule has 3 heteroatoms. The summed E-state index contributed by atoms with van der Waals surface area (Å²) in [5.41, 5.74) is 1.43. The molecule has 0 aromatic heterocycles. The molecule has 0 amide bonds. The van der Waals surface area contributed by atoms with Crippen molar-refractivity contribution >= 4 is 23.2 Å². The van der Waals surface area contributed by atoms with Crippen molar-refractivity contribution in [2.75, 3.05) is 13.1 Å². The normalized spacial score (nSPS) is 11.8. The molecule has 102 valence electrons. The van der Waals surface area contributed by atoms with E-state index < -0.39 is 0 Å². The van der Waals surface area contributed by atoms with Gasteiger partial charge in [0.2, 0.25) is 0 Å². The van der Waals surface area contributed by atoms with Crippen LogP contribution < -0.4 is 5.32 Å². The summed E-state index contributed by atoms with van der Waals surface area (Å²) in [4.78, 5) is 0. The summed E-state index contributed by atoms with van der Waals surface area (Å²) in [6.45, 7) is 8.67. The summed E-state index contributed by atoms with van der Waals surface area (Å²) in [5.74, 6) is 0. The third-order valence-electron chi connectivity index (χ3n) is 3.82. The van der Waals surface area contributed by atoms with Crippen molar-refractivity contribution in [1.82, 2.24) is 5.32 Å². The summed E-state index contributed by atoms with van der Waals surface area (Å²) >= 11 is 12.3. The first-order chi connectivity index (χ1) is 8.56. The molecule has 1 nitrogen and oxygen atoms in total. The lowest BCUT2D eigenvalue weighted by Crippen LogP contribution is -2.35. The molecule has 18 heavy (non-hydrogen) atoms. The van der Waals surface area contributed by atoms with Crippen molar-refractivity contribution in [3.8, 4) is 0 Å². The lowest BCUT2D eigenvalue weighted by molar-refractivity contribution is 0.248. The van der Waals surface area contributed by atoms with Crippen molar-refractivity contribution in [3.05, 3.63) is 33.8 Å². The van der Waals surface area contributed by atoms with Crippen LogP contribution in [0.25, 0.3) is 0 Å². The minimum atomic E-state index is 0.268. The van der Waals surface area contributed by atoms with Gasteiger partial charge in [0.25, 0.3) is 0 Å². The molecule has 1 rings (SSSR count). The molecule has 0 unspecified atom stereocenters. The predicted molar refractivity (Wildman–Crippen MR) is 81.7 cm³/mol. The standard InChI is InChI=1S/C15H23Cl2N/c1-4-15(5-2,11-18-6-3)10-12-9-13(16)7-8-14(12)17/h7-9,18H,4-6,10-11H2,1-3H3. The number of benzene rings is 1. The second kappa shape index (κ2) is 7.37. The first kappa shape index (κ1) is 15.8. The van der Waals surface area contributed by atoms with Gasteiger partial charge in [-0.2, -0.15) is 0 Å². The van der Waals surface area contributed by atoms with E-state index in [1.54, 1.807) is 0 Å². The van der Waals surface area contributed by atoms with Gasteiger partial charge in [0.15, 0.2) is 0 Å². The first-order valence-corrected chi connectivity index (χ1v) is 7.47. The van der Waals surface area contributed by atoms with Crippen LogP contribution in [0.2, 0.25) is 10.0 Å². The topological polar surface area (TPSA) is 12.0 Å². The zero-order chi connectivity index (χ0) is 13.6. The average molecular weight is 288 g/mol. The number of hydrogen-bond acceptors (Lipinski definition) is 1. The molecule has 0 aliphatic rings. The Bertz CT molecular complexity index is 373. The predicted octanol–water partition coefficient (Wildman–Crippen LogP) is 4.95. The van der Waals surface area contributed by atoms with Gasteiger partial charge >= 0.3 is 0 Å². The van der Waals surface area contributed by atoms with E-state index in [0.717, 1.165) is 48.0 Å². The van der Waals surface area contributed by atoms with Gasteiger partial charge in [-0.15, -0.1) is 0 Å². The van der Waals surface area contributed by atoms with Gasteiger partial charge in [-0.05, 0) is 55.0 Å². The summed E-state index contributed by atoms with van der Waals surface area (Å²) in [5, 5.41) is 5.05. The zero-order valence-corrected chi connectivity index (χ0v) is 13.0. The molecule has 0 spiro atoms. The van der Waals surface area contributed by atoms with E-state index in [9.17, 15) is 0 Å². The number of rotatable bonds is 7. The van der Waals surface area contributed by atoms with Crippen LogP contribution in [0.4, 0.5) is 0 Å². The smallest absolute Gasteiger partial charge is 0.0439 e. The van der Waals surface area contributed by atoms with E-state index in [2.05, 4.69) is 26.1 Å². The van der Waals surface area contributed by atoms with E-state index in [1.807, 2.05) is 18.2 Å². The Hall–Kier alpha value is -0.240. The Morgan fingerprint density at radius 2 is 1.78 bits per heavy atom. The van der Waals surface area contributed by atoms with Gasteiger partial charge in [0.1, 0.15) is 0 Å². The van der Waals surface area contributed by atoms with Crippen LogP contribution in [0.3, 0.4) is 0 Å². The molecule has 0 radical (unpaired) electrons. The third kappa shape index (κ3) is 4.15. The molecule has 0 aliphatic heterocycles. The van der Waals surface area contributed by atoms with Crippen LogP contribution in [0.1, 0.15) is 39.2 Å². The van der Waals surface area contributed by atoms with Crippen LogP contribution in [-0.4, -0.2) is 13.1 Å². The Labute approximate surface area is 121 Å². The van der Waals surface area contributed by atoms with Crippen molar-refractivity contribution in [3.63, 3.8) is 0 Å². The lowest BCUT2D eigenvalue weighted by Gasteiger charge is -2.32. The van der Waals surface area contributed by atoms with E-state index in [-0.39, 0.29) is 5.41 Å². The maximum atomic E-state index is 6.27. The van der Waals surface area contributed by atoms with Crippen molar-refractivity contribution in [2.45, 2.75) is 40.0 Å². The van der Waals surface area contributed by atoms with Crippen LogP contribution in [0.15, 0.2) is 18.2 Å². The molecule has 1 aromatic rings. The molecular formula is C15H23Cl2N. The second-order valence-corrected chi connectivity index (χ2v) is 5.74. The Morgan fingerprint density at radius 3 is 2.33 bits per heavy atom. The zero-order valence-electron chi connectivity index (χ0n) is 11.5. The summed E-state index contributed by atoms with van der Waals surface area (Å²) in [7, 11) is 0. The first-order valence-electron chi connectivity index (χ1n) is 6.71. The Kier molecular flexibility index (Phi) is 6.48. The Balaban J connectivity index is 2.91. The molecule has 0 saturated heterocycles. The highest BCUT2D eigenvalue weighted by molar-refractivity contribution is 6.33. The molecule has 0 saturated carbocycles. The van der Waals surface area contributed by atoms with Gasteiger partial charge in [-0.3, -0.25) is 0 Å². The fraction of sp³-hybridized carbons (Fsp3) is 0.600. The SMILES string of the molecule is CCNCC(CC)(CC)Cc1cc(Cl)ccc1Cl. The molecule has 0 aliphatic carbocycles. The maximum Gasteiger partial charge on any atom is 0.0439 e. The van der Waals surface area contributed by atoms with Crippen LogP contribution >= 0.6 is 23.2 Å². The second-order valence-electron chi connectivity index (χ2n) is 4.90. The van der Waals surface area contributed by atoms with E-state index in [0.29, 0.717) is 0 Å². The quantitative estimate of drug-likeness (QED) is 0.748. The average Bonchev–Trinajstić information content (AvgIpc) is 2.39. The molecule has 0 atom stereocenters. The van der Waals surface area contributed by atoms with Gasteiger partial charge in [0.05, 0.1) is 0 Å². The molecule has 0 heterocycles. The number of halogens is 2. The van der Waals surface area contributed by atoms with E-state index >= 15 is 0 Å². The highest BCUT2D eigenvalue weighted by Gasteiger charge is 2.26. The van der Waals surface area contributed by atoms with Gasteiger partial charge in [-0.25, -0.2) is 0 Å². The minimum absolute atomic E-state index is 0.268. The molecule has 0 fully saturated rings. The summed E-state index contributed by atoms with van der Waals surface area (Å²) in [6.07, 6.45) is 3.26. The van der Waals surface area contributed by atoms with Crippen molar-refractivity contribution in [2.24, 2.45) is 5.41 Å². The van der Waals surface area contributed by atoms with Crippen LogP contribution in [-0.2, 0) is 6.42 Å². The van der Waals surface area contributed by atoms with E-state index in [4.69, 9.17) is 23.2 Å². The summed E-state index contributed by atoms with van der Waals surface area (Å²) in [6, 6.07) is 5.73. The van der Waals surface area contributed by atoms with Crippen molar-refractivity contribution < 1.29 is 0 Å². The summed E-state index contributed by atoms with van der Waals surface area (Å²) < 4.78 is 0. The fourth-order valence-electron chi connectivity index (χ4n) is 2.29. The number of hydrogen-bond donors (Lipinski definition) is 1. The van der Waals surface area contributed by atoms with Crippen molar-refractivity contribution in [1.29, 1.82) is 0 Å². The highest BCUT2D eigenvalue weighted by atomic mass is 35.5. The lowest BCUT2D eigenvalue weighted by atomic mass is 9.77. The Morgan fingerprint density at radius 1 is 1.11 bits per heavy atom. The van der Waals surface area contributed by atoms with E-state index in [1.165, 1.54) is 0 Å². The molecular weight excluding hydrogens is 265 g/mol. The van der Waals surface area contributed by atoms with Crippen LogP contribution in [0, 0.1) is 5.41 Å². The van der Waals surface area contributed by atoms with Gasteiger partial charge in [0, 0.05) is 16.6 Å². The molecule has 1 N–H and O–H groups in total. The third-order valence-corrected chi connectivity index (χ3v) is 4.43.